The Morgan fingerprint density at radius 3 is 2.68 bits per heavy atom. The average Bonchev–Trinajstić information content (AvgIpc) is 2.27. The van der Waals surface area contributed by atoms with Crippen molar-refractivity contribution in [3.63, 3.8) is 0 Å². The van der Waals surface area contributed by atoms with Gasteiger partial charge in [-0.25, -0.2) is 0 Å². The van der Waals surface area contributed by atoms with Gasteiger partial charge in [0.05, 0.1) is 17.6 Å². The fraction of sp³-hybridized carbons (Fsp3) is 0.417. The predicted molar refractivity (Wildman–Crippen MR) is 64.6 cm³/mol. The Kier molecular flexibility index (Phi) is 3.84. The number of carboxylic acid groups (broad SMARTS) is 1. The van der Waals surface area contributed by atoms with Crippen molar-refractivity contribution in [3.05, 3.63) is 24.3 Å². The van der Waals surface area contributed by atoms with E-state index in [9.17, 15) is 13.6 Å². The van der Waals surface area contributed by atoms with Crippen LogP contribution in [0, 0.1) is 0 Å². The van der Waals surface area contributed by atoms with E-state index in [2.05, 4.69) is 15.4 Å². The first kappa shape index (κ1) is 13.5. The predicted octanol–water partition coefficient (Wildman–Crippen LogP) is 1.52. The molecule has 104 valence electrons. The highest BCUT2D eigenvalue weighted by Gasteiger charge is 2.39. The van der Waals surface area contributed by atoms with Gasteiger partial charge < -0.3 is 20.5 Å². The van der Waals surface area contributed by atoms with Crippen LogP contribution in [0.25, 0.3) is 0 Å². The van der Waals surface area contributed by atoms with E-state index < -0.39 is 18.1 Å². The fourth-order valence-corrected chi connectivity index (χ4v) is 2.03. The summed E-state index contributed by atoms with van der Waals surface area (Å²) in [7, 11) is 0. The van der Waals surface area contributed by atoms with Gasteiger partial charge >= 0.3 is 12.6 Å². The lowest BCUT2D eigenvalue weighted by molar-refractivity contribution is -0.138. The van der Waals surface area contributed by atoms with Gasteiger partial charge in [-0.1, -0.05) is 12.1 Å². The number of anilines is 1. The van der Waals surface area contributed by atoms with Crippen LogP contribution in [-0.2, 0) is 4.79 Å². The number of carbonyl (C=O) groups is 1. The van der Waals surface area contributed by atoms with E-state index >= 15 is 0 Å². The number of ether oxygens (including phenoxy) is 1. The number of aliphatic carboxylic acids is 1. The molecule has 7 heteroatoms. The second-order valence-electron chi connectivity index (χ2n) is 4.45. The number of alkyl halides is 2. The van der Waals surface area contributed by atoms with E-state index in [4.69, 9.17) is 5.11 Å². The number of halogens is 2. The van der Waals surface area contributed by atoms with E-state index in [0.717, 1.165) is 0 Å². The molecule has 0 bridgehead atoms. The topological polar surface area (TPSA) is 70.6 Å². The van der Waals surface area contributed by atoms with Crippen LogP contribution in [0.15, 0.2) is 24.3 Å². The second kappa shape index (κ2) is 5.40. The molecule has 3 N–H and O–H groups in total. The lowest BCUT2D eigenvalue weighted by Gasteiger charge is -2.43. The summed E-state index contributed by atoms with van der Waals surface area (Å²) in [5.41, 5.74) is -0.293. The molecular formula is C12H14F2N2O3. The maximum absolute atomic E-state index is 12.3. The third kappa shape index (κ3) is 3.31. The molecule has 1 aromatic rings. The van der Waals surface area contributed by atoms with Crippen molar-refractivity contribution in [2.75, 3.05) is 18.4 Å². The lowest BCUT2D eigenvalue weighted by atomic mass is 9.88. The van der Waals surface area contributed by atoms with Crippen LogP contribution in [0.2, 0.25) is 0 Å². The third-order valence-corrected chi connectivity index (χ3v) is 2.92. The summed E-state index contributed by atoms with van der Waals surface area (Å²) < 4.78 is 29.0. The van der Waals surface area contributed by atoms with E-state index in [0.29, 0.717) is 18.8 Å². The van der Waals surface area contributed by atoms with Crippen LogP contribution in [-0.4, -0.2) is 36.3 Å². The Hall–Kier alpha value is -1.89. The van der Waals surface area contributed by atoms with Crippen molar-refractivity contribution in [3.8, 4) is 5.75 Å². The molecule has 0 aromatic heterocycles. The molecule has 0 amide bonds. The van der Waals surface area contributed by atoms with E-state index in [1.807, 2.05) is 0 Å². The van der Waals surface area contributed by atoms with E-state index in [1.54, 1.807) is 18.2 Å². The number of hydrogen-bond acceptors (Lipinski definition) is 4. The molecule has 1 saturated heterocycles. The number of benzene rings is 1. The molecule has 0 atom stereocenters. The largest absolute Gasteiger partial charge is 0.481 e. The molecule has 2 rings (SSSR count). The molecule has 1 aromatic carbocycles. The second-order valence-corrected chi connectivity index (χ2v) is 4.45. The van der Waals surface area contributed by atoms with Gasteiger partial charge in [-0.15, -0.1) is 0 Å². The van der Waals surface area contributed by atoms with Crippen molar-refractivity contribution < 1.29 is 23.4 Å². The molecule has 0 spiro atoms. The van der Waals surface area contributed by atoms with Gasteiger partial charge in [0.25, 0.3) is 0 Å². The maximum atomic E-state index is 12.3. The van der Waals surface area contributed by atoms with Crippen molar-refractivity contribution in [1.29, 1.82) is 0 Å². The van der Waals surface area contributed by atoms with Crippen LogP contribution in [0.1, 0.15) is 6.42 Å². The highest BCUT2D eigenvalue weighted by molar-refractivity contribution is 5.71. The monoisotopic (exact) mass is 272 g/mol. The molecule has 1 aliphatic rings. The van der Waals surface area contributed by atoms with Crippen LogP contribution in [0.3, 0.4) is 0 Å². The van der Waals surface area contributed by atoms with Gasteiger partial charge in [-0.05, 0) is 12.1 Å². The number of hydrogen-bond donors (Lipinski definition) is 3. The third-order valence-electron chi connectivity index (χ3n) is 2.92. The summed E-state index contributed by atoms with van der Waals surface area (Å²) in [5, 5.41) is 14.9. The molecular weight excluding hydrogens is 258 g/mol. The van der Waals surface area contributed by atoms with Crippen LogP contribution in [0.5, 0.6) is 5.75 Å². The number of nitrogens with one attached hydrogen (secondary N) is 2. The summed E-state index contributed by atoms with van der Waals surface area (Å²) in [4.78, 5) is 10.8. The Labute approximate surface area is 108 Å². The van der Waals surface area contributed by atoms with E-state index in [1.165, 1.54) is 6.07 Å². The van der Waals surface area contributed by atoms with E-state index in [-0.39, 0.29) is 12.2 Å². The normalized spacial score (nSPS) is 16.8. The van der Waals surface area contributed by atoms with Gasteiger partial charge in [-0.2, -0.15) is 8.78 Å². The summed E-state index contributed by atoms with van der Waals surface area (Å²) in [6.07, 6.45) is -0.0942. The van der Waals surface area contributed by atoms with Gasteiger partial charge in [0, 0.05) is 13.1 Å². The van der Waals surface area contributed by atoms with Crippen LogP contribution < -0.4 is 15.4 Å². The molecule has 0 saturated carbocycles. The lowest BCUT2D eigenvalue weighted by Crippen LogP contribution is -2.65. The van der Waals surface area contributed by atoms with Crippen molar-refractivity contribution in [2.24, 2.45) is 0 Å². The van der Waals surface area contributed by atoms with Crippen molar-refractivity contribution in [2.45, 2.75) is 18.6 Å². The Balaban J connectivity index is 2.15. The molecule has 19 heavy (non-hydrogen) atoms. The summed E-state index contributed by atoms with van der Waals surface area (Å²) >= 11 is 0. The summed E-state index contributed by atoms with van der Waals surface area (Å²) in [5.74, 6) is -0.935. The molecule has 0 radical (unpaired) electrons. The number of carboxylic acids is 1. The van der Waals surface area contributed by atoms with Gasteiger partial charge in [-0.3, -0.25) is 4.79 Å². The molecule has 1 heterocycles. The molecule has 5 nitrogen and oxygen atoms in total. The fourth-order valence-electron chi connectivity index (χ4n) is 2.03. The van der Waals surface area contributed by atoms with Crippen LogP contribution >= 0.6 is 0 Å². The Morgan fingerprint density at radius 2 is 2.16 bits per heavy atom. The number of para-hydroxylation sites is 2. The highest BCUT2D eigenvalue weighted by Crippen LogP contribution is 2.31. The first-order valence-corrected chi connectivity index (χ1v) is 5.75. The number of rotatable bonds is 6. The SMILES string of the molecule is O=C(O)CC1(Nc2ccccc2OC(F)F)CNC1. The summed E-state index contributed by atoms with van der Waals surface area (Å²) in [6, 6.07) is 6.24. The Morgan fingerprint density at radius 1 is 1.47 bits per heavy atom. The Bertz CT molecular complexity index is 464. The zero-order valence-corrected chi connectivity index (χ0v) is 10.0. The van der Waals surface area contributed by atoms with Gasteiger partial charge in [0.1, 0.15) is 5.75 Å². The smallest absolute Gasteiger partial charge is 0.387 e. The molecule has 1 aliphatic heterocycles. The molecule has 1 fully saturated rings. The zero-order valence-electron chi connectivity index (χ0n) is 10.0. The molecule has 0 unspecified atom stereocenters. The van der Waals surface area contributed by atoms with Crippen molar-refractivity contribution in [1.82, 2.24) is 5.32 Å². The molecule has 0 aliphatic carbocycles. The first-order valence-electron chi connectivity index (χ1n) is 5.75. The first-order chi connectivity index (χ1) is 9.01. The highest BCUT2D eigenvalue weighted by atomic mass is 19.3. The quantitative estimate of drug-likeness (QED) is 0.732. The van der Waals surface area contributed by atoms with Crippen molar-refractivity contribution >= 4 is 11.7 Å². The minimum atomic E-state index is -2.92. The minimum absolute atomic E-state index is 0.00848. The van der Waals surface area contributed by atoms with Gasteiger partial charge in [0.15, 0.2) is 0 Å². The van der Waals surface area contributed by atoms with Gasteiger partial charge in [0.2, 0.25) is 0 Å². The average molecular weight is 272 g/mol. The maximum Gasteiger partial charge on any atom is 0.387 e. The standard InChI is InChI=1S/C12H14F2N2O3/c13-11(14)19-9-4-2-1-3-8(9)16-12(5-10(17)18)6-15-7-12/h1-4,11,15-16H,5-7H2,(H,17,18). The minimum Gasteiger partial charge on any atom is -0.481 e. The zero-order chi connectivity index (χ0) is 13.9. The van der Waals surface area contributed by atoms with Crippen LogP contribution in [0.4, 0.5) is 14.5 Å². The summed E-state index contributed by atoms with van der Waals surface area (Å²) in [6.45, 7) is -2.00.